The molecule has 3 rings (SSSR count). The minimum Gasteiger partial charge on any atom is -0.384 e. The van der Waals surface area contributed by atoms with Crippen molar-refractivity contribution in [3.05, 3.63) is 34.5 Å². The summed E-state index contributed by atoms with van der Waals surface area (Å²) in [5.74, 6) is -3.62. The first-order chi connectivity index (χ1) is 13.7. The molecule has 2 aromatic rings. The fraction of sp³-hybridized carbons (Fsp3) is 0.571. The SMILES string of the molecule is OC(O)(CCCCCNc1c2c(nc3cccc(Cl)c13)CCCCC2)C(F)(F)F. The summed E-state index contributed by atoms with van der Waals surface area (Å²) in [4.78, 5) is 4.82. The highest BCUT2D eigenvalue weighted by atomic mass is 35.5. The first kappa shape index (κ1) is 22.1. The van der Waals surface area contributed by atoms with Crippen LogP contribution in [-0.4, -0.2) is 33.7 Å². The van der Waals surface area contributed by atoms with Crippen molar-refractivity contribution in [2.45, 2.75) is 69.8 Å². The van der Waals surface area contributed by atoms with Crippen LogP contribution in [0.25, 0.3) is 10.9 Å². The summed E-state index contributed by atoms with van der Waals surface area (Å²) >= 11 is 6.46. The summed E-state index contributed by atoms with van der Waals surface area (Å²) in [6, 6.07) is 5.65. The van der Waals surface area contributed by atoms with Crippen LogP contribution >= 0.6 is 11.6 Å². The highest BCUT2D eigenvalue weighted by Crippen LogP contribution is 2.37. The molecule has 160 valence electrons. The van der Waals surface area contributed by atoms with Crippen molar-refractivity contribution in [3.8, 4) is 0 Å². The van der Waals surface area contributed by atoms with Gasteiger partial charge in [-0.15, -0.1) is 0 Å². The molecule has 1 aromatic heterocycles. The van der Waals surface area contributed by atoms with Crippen LogP contribution in [0.4, 0.5) is 18.9 Å². The number of unbranched alkanes of at least 4 members (excludes halogenated alkanes) is 2. The Hall–Kier alpha value is -1.57. The molecule has 0 atom stereocenters. The molecule has 4 nitrogen and oxygen atoms in total. The molecule has 29 heavy (non-hydrogen) atoms. The van der Waals surface area contributed by atoms with Gasteiger partial charge in [0.2, 0.25) is 0 Å². The second kappa shape index (κ2) is 9.06. The lowest BCUT2D eigenvalue weighted by Crippen LogP contribution is -2.44. The quantitative estimate of drug-likeness (QED) is 0.314. The Balaban J connectivity index is 1.68. The molecule has 1 aliphatic carbocycles. The van der Waals surface area contributed by atoms with Gasteiger partial charge in [-0.25, -0.2) is 0 Å². The second-order valence-electron chi connectivity index (χ2n) is 7.66. The van der Waals surface area contributed by atoms with Gasteiger partial charge in [0.05, 0.1) is 16.2 Å². The Labute approximate surface area is 173 Å². The number of nitrogens with zero attached hydrogens (tertiary/aromatic N) is 1. The average Bonchev–Trinajstić information content (AvgIpc) is 2.88. The van der Waals surface area contributed by atoms with E-state index >= 15 is 0 Å². The number of benzene rings is 1. The molecule has 0 unspecified atom stereocenters. The monoisotopic (exact) mass is 430 g/mol. The maximum absolute atomic E-state index is 12.5. The number of hydrogen-bond donors (Lipinski definition) is 3. The second-order valence-corrected chi connectivity index (χ2v) is 8.07. The molecule has 1 heterocycles. The lowest BCUT2D eigenvalue weighted by molar-refractivity contribution is -0.351. The fourth-order valence-corrected chi connectivity index (χ4v) is 4.10. The van der Waals surface area contributed by atoms with Gasteiger partial charge in [0, 0.05) is 24.0 Å². The van der Waals surface area contributed by atoms with E-state index in [4.69, 9.17) is 26.8 Å². The Morgan fingerprint density at radius 2 is 1.79 bits per heavy atom. The molecule has 0 spiro atoms. The topological polar surface area (TPSA) is 65.4 Å². The normalized spacial score (nSPS) is 15.2. The molecule has 1 aliphatic rings. The maximum Gasteiger partial charge on any atom is 0.442 e. The van der Waals surface area contributed by atoms with Gasteiger partial charge >= 0.3 is 6.18 Å². The smallest absolute Gasteiger partial charge is 0.384 e. The van der Waals surface area contributed by atoms with Crippen molar-refractivity contribution in [2.75, 3.05) is 11.9 Å². The summed E-state index contributed by atoms with van der Waals surface area (Å²) in [6.07, 6.45) is 0.579. The Kier molecular flexibility index (Phi) is 6.91. The summed E-state index contributed by atoms with van der Waals surface area (Å²) in [6.45, 7) is 0.562. The van der Waals surface area contributed by atoms with E-state index in [0.717, 1.165) is 54.4 Å². The van der Waals surface area contributed by atoms with Crippen molar-refractivity contribution in [2.24, 2.45) is 0 Å². The standard InChI is InChI=1S/C21H26ClF3N2O2/c22-15-9-7-11-17-18(15)19(14-8-3-1-4-10-16(14)27-17)26-13-6-2-5-12-20(28,29)21(23,24)25/h7,9,11,28-29H,1-6,8,10,12-13H2,(H,26,27). The number of hydrogen-bond acceptors (Lipinski definition) is 4. The van der Waals surface area contributed by atoms with E-state index in [-0.39, 0.29) is 6.42 Å². The van der Waals surface area contributed by atoms with Gasteiger partial charge in [-0.3, -0.25) is 4.98 Å². The first-order valence-electron chi connectivity index (χ1n) is 10.1. The highest BCUT2D eigenvalue weighted by molar-refractivity contribution is 6.36. The average molecular weight is 431 g/mol. The summed E-state index contributed by atoms with van der Waals surface area (Å²) in [7, 11) is 0. The van der Waals surface area contributed by atoms with Crippen LogP contribution in [0.5, 0.6) is 0 Å². The van der Waals surface area contributed by atoms with Crippen LogP contribution in [0.15, 0.2) is 18.2 Å². The minimum absolute atomic E-state index is 0.0736. The van der Waals surface area contributed by atoms with E-state index in [1.54, 1.807) is 0 Å². The highest BCUT2D eigenvalue weighted by Gasteiger charge is 2.52. The molecule has 3 N–H and O–H groups in total. The maximum atomic E-state index is 12.5. The summed E-state index contributed by atoms with van der Waals surface area (Å²) in [5, 5.41) is 23.1. The first-order valence-corrected chi connectivity index (χ1v) is 10.4. The molecule has 1 aromatic carbocycles. The number of rotatable bonds is 7. The number of nitrogens with one attached hydrogen (secondary N) is 1. The molecule has 0 amide bonds. The van der Waals surface area contributed by atoms with E-state index in [9.17, 15) is 13.2 Å². The van der Waals surface area contributed by atoms with E-state index < -0.39 is 18.4 Å². The predicted octanol–water partition coefficient (Wildman–Crippen LogP) is 5.37. The van der Waals surface area contributed by atoms with Crippen LogP contribution in [0.3, 0.4) is 0 Å². The number of pyridine rings is 1. The zero-order valence-corrected chi connectivity index (χ0v) is 16.9. The number of aliphatic hydroxyl groups is 2. The molecular weight excluding hydrogens is 405 g/mol. The van der Waals surface area contributed by atoms with Crippen molar-refractivity contribution in [1.29, 1.82) is 0 Å². The largest absolute Gasteiger partial charge is 0.442 e. The lowest BCUT2D eigenvalue weighted by atomic mass is 10.0. The van der Waals surface area contributed by atoms with Gasteiger partial charge < -0.3 is 15.5 Å². The Morgan fingerprint density at radius 3 is 2.55 bits per heavy atom. The lowest BCUT2D eigenvalue weighted by Gasteiger charge is -2.24. The number of anilines is 1. The Bertz CT molecular complexity index is 856. The van der Waals surface area contributed by atoms with Crippen molar-refractivity contribution >= 4 is 28.2 Å². The molecule has 0 saturated carbocycles. The van der Waals surface area contributed by atoms with Crippen LogP contribution in [0, 0.1) is 0 Å². The number of aromatic nitrogens is 1. The zero-order chi connectivity index (χ0) is 21.1. The molecular formula is C21H26ClF3N2O2. The molecule has 0 fully saturated rings. The van der Waals surface area contributed by atoms with Gasteiger partial charge in [0.25, 0.3) is 5.79 Å². The van der Waals surface area contributed by atoms with E-state index in [2.05, 4.69) is 5.32 Å². The van der Waals surface area contributed by atoms with Crippen LogP contribution < -0.4 is 5.32 Å². The number of aryl methyl sites for hydroxylation is 1. The summed E-state index contributed by atoms with van der Waals surface area (Å²) < 4.78 is 37.4. The summed E-state index contributed by atoms with van der Waals surface area (Å²) in [5.41, 5.74) is 4.10. The number of halogens is 4. The number of fused-ring (bicyclic) bond motifs is 2. The molecule has 8 heteroatoms. The number of alkyl halides is 3. The third-order valence-corrected chi connectivity index (χ3v) is 5.76. The molecule has 0 aliphatic heterocycles. The van der Waals surface area contributed by atoms with Gasteiger partial charge in [-0.1, -0.05) is 30.5 Å². The molecule has 0 bridgehead atoms. The third kappa shape index (κ3) is 5.13. The molecule has 0 radical (unpaired) electrons. The van der Waals surface area contributed by atoms with Crippen LogP contribution in [0.1, 0.15) is 56.2 Å². The van der Waals surface area contributed by atoms with Crippen LogP contribution in [0.2, 0.25) is 5.02 Å². The van der Waals surface area contributed by atoms with Crippen molar-refractivity contribution in [3.63, 3.8) is 0 Å². The van der Waals surface area contributed by atoms with Gasteiger partial charge in [0.15, 0.2) is 0 Å². The van der Waals surface area contributed by atoms with E-state index in [1.165, 1.54) is 5.56 Å². The van der Waals surface area contributed by atoms with E-state index in [0.29, 0.717) is 24.4 Å². The third-order valence-electron chi connectivity index (χ3n) is 5.45. The van der Waals surface area contributed by atoms with Gasteiger partial charge in [0.1, 0.15) is 0 Å². The van der Waals surface area contributed by atoms with E-state index in [1.807, 2.05) is 18.2 Å². The minimum atomic E-state index is -5.03. The fourth-order valence-electron chi connectivity index (χ4n) is 3.83. The molecule has 0 saturated heterocycles. The van der Waals surface area contributed by atoms with Gasteiger partial charge in [-0.2, -0.15) is 13.2 Å². The van der Waals surface area contributed by atoms with Crippen molar-refractivity contribution in [1.82, 2.24) is 4.98 Å². The van der Waals surface area contributed by atoms with Crippen LogP contribution in [-0.2, 0) is 12.8 Å². The predicted molar refractivity (Wildman–Crippen MR) is 108 cm³/mol. The van der Waals surface area contributed by atoms with Crippen molar-refractivity contribution < 1.29 is 23.4 Å². The zero-order valence-electron chi connectivity index (χ0n) is 16.2. The van der Waals surface area contributed by atoms with Gasteiger partial charge in [-0.05, 0) is 56.2 Å². The Morgan fingerprint density at radius 1 is 1.03 bits per heavy atom.